The average Bonchev–Trinajstić information content (AvgIpc) is 3.09. The molecule has 0 saturated heterocycles. The van der Waals surface area contributed by atoms with Crippen LogP contribution in [0, 0.1) is 0 Å². The zero-order valence-corrected chi connectivity index (χ0v) is 27.6. The van der Waals surface area contributed by atoms with Gasteiger partial charge in [-0.1, -0.05) is 26.3 Å². The second-order valence-corrected chi connectivity index (χ2v) is 9.23. The molecule has 0 saturated carbocycles. The summed E-state index contributed by atoms with van der Waals surface area (Å²) < 4.78 is 51.7. The summed E-state index contributed by atoms with van der Waals surface area (Å²) in [5, 5.41) is 4.92. The van der Waals surface area contributed by atoms with Crippen LogP contribution in [0.15, 0.2) is 50.6 Å². The lowest BCUT2D eigenvalue weighted by Crippen LogP contribution is -2.38. The van der Waals surface area contributed by atoms with Crippen molar-refractivity contribution in [1.82, 2.24) is 10.6 Å². The maximum Gasteiger partial charge on any atom is 0.407 e. The first-order valence-corrected chi connectivity index (χ1v) is 14.9. The first kappa shape index (κ1) is 44.2. The molecule has 0 bridgehead atoms. The van der Waals surface area contributed by atoms with Gasteiger partial charge in [0.15, 0.2) is 12.2 Å². The highest BCUT2D eigenvalue weighted by atomic mass is 16.6. The molecule has 0 radical (unpaired) electrons. The van der Waals surface area contributed by atoms with E-state index in [-0.39, 0.29) is 85.8 Å². The molecule has 0 aliphatic rings. The zero-order valence-electron chi connectivity index (χ0n) is 27.6. The second-order valence-electron chi connectivity index (χ2n) is 9.23. The highest BCUT2D eigenvalue weighted by Crippen LogP contribution is 2.03. The van der Waals surface area contributed by atoms with Crippen LogP contribution in [0.2, 0.25) is 0 Å². The lowest BCUT2D eigenvalue weighted by Gasteiger charge is -2.22. The van der Waals surface area contributed by atoms with E-state index in [1.165, 1.54) is 0 Å². The van der Waals surface area contributed by atoms with Gasteiger partial charge >= 0.3 is 36.1 Å². The van der Waals surface area contributed by atoms with Gasteiger partial charge in [0.05, 0.1) is 52.4 Å². The van der Waals surface area contributed by atoms with Gasteiger partial charge in [-0.15, -0.1) is 0 Å². The van der Waals surface area contributed by atoms with Gasteiger partial charge < -0.3 is 58.0 Å². The summed E-state index contributed by atoms with van der Waals surface area (Å²) in [5.41, 5.74) is 0. The molecule has 0 aromatic heterocycles. The minimum Gasteiger partial charge on any atom is -0.460 e. The molecule has 0 rings (SSSR count). The molecule has 0 aromatic rings. The van der Waals surface area contributed by atoms with Gasteiger partial charge in [-0.05, 0) is 6.92 Å². The minimum absolute atomic E-state index is 0.0210. The fourth-order valence-electron chi connectivity index (χ4n) is 2.95. The van der Waals surface area contributed by atoms with E-state index in [9.17, 15) is 28.8 Å². The molecule has 0 spiro atoms. The van der Waals surface area contributed by atoms with Gasteiger partial charge in [0.1, 0.15) is 26.4 Å². The summed E-state index contributed by atoms with van der Waals surface area (Å²) in [6.07, 6.45) is -0.306. The van der Waals surface area contributed by atoms with Gasteiger partial charge in [0, 0.05) is 37.4 Å². The van der Waals surface area contributed by atoms with Crippen molar-refractivity contribution in [2.45, 2.75) is 25.2 Å². The fourth-order valence-corrected chi connectivity index (χ4v) is 2.95. The molecular weight excluding hydrogens is 656 g/mol. The SMILES string of the molecule is C=CC(=O)OCCOCCNC(=O)OC(COCC(C)OCC(COC(=O)C=C)OC(=O)NCCOCCOC(=O)C=C)COC(=O)C=C. The maximum absolute atomic E-state index is 12.2. The molecule has 49 heavy (non-hydrogen) atoms. The van der Waals surface area contributed by atoms with Crippen LogP contribution >= 0.6 is 0 Å². The Kier molecular flexibility index (Phi) is 26.5. The largest absolute Gasteiger partial charge is 0.460 e. The van der Waals surface area contributed by atoms with Crippen molar-refractivity contribution in [3.63, 3.8) is 0 Å². The van der Waals surface area contributed by atoms with Crippen LogP contribution in [-0.4, -0.2) is 140 Å². The van der Waals surface area contributed by atoms with Crippen molar-refractivity contribution in [2.75, 3.05) is 85.8 Å². The molecule has 276 valence electrons. The van der Waals surface area contributed by atoms with Crippen LogP contribution in [0.3, 0.4) is 0 Å². The molecule has 2 amide bonds. The lowest BCUT2D eigenvalue weighted by atomic mass is 10.3. The number of alkyl carbamates (subject to hydrolysis) is 2. The molecule has 0 heterocycles. The predicted octanol–water partition coefficient (Wildman–Crippen LogP) is 0.548. The fraction of sp³-hybridized carbons (Fsp3) is 0.548. The lowest BCUT2D eigenvalue weighted by molar-refractivity contribution is -0.144. The van der Waals surface area contributed by atoms with Crippen LogP contribution in [0.4, 0.5) is 9.59 Å². The third-order valence-corrected chi connectivity index (χ3v) is 5.24. The van der Waals surface area contributed by atoms with Gasteiger partial charge in [-0.2, -0.15) is 0 Å². The summed E-state index contributed by atoms with van der Waals surface area (Å²) in [4.78, 5) is 69.4. The third-order valence-electron chi connectivity index (χ3n) is 5.24. The molecule has 3 unspecified atom stereocenters. The quantitative estimate of drug-likeness (QED) is 0.0470. The van der Waals surface area contributed by atoms with E-state index in [0.29, 0.717) is 0 Å². The van der Waals surface area contributed by atoms with Crippen molar-refractivity contribution < 1.29 is 76.1 Å². The number of ether oxygens (including phenoxy) is 10. The number of hydrogen-bond acceptors (Lipinski definition) is 16. The number of esters is 4. The normalized spacial score (nSPS) is 12.1. The van der Waals surface area contributed by atoms with E-state index >= 15 is 0 Å². The highest BCUT2D eigenvalue weighted by molar-refractivity contribution is 5.82. The minimum atomic E-state index is -1.00. The molecule has 0 aliphatic heterocycles. The van der Waals surface area contributed by atoms with Gasteiger partial charge in [0.25, 0.3) is 0 Å². The molecule has 0 aliphatic carbocycles. The standard InChI is InChI=1S/C31H46N2O16/c1-6-26(34)43-16-14-40-12-10-32-30(38)48-24(21-46-28(36)8-3)19-42-18-23(5)45-20-25(22-47-29(37)9-4)49-31(39)33-11-13-41-15-17-44-27(35)7-2/h6-9,23-25H,1-4,10-22H2,5H3,(H,32,38)(H,33,39). The summed E-state index contributed by atoms with van der Waals surface area (Å²) in [7, 11) is 0. The maximum atomic E-state index is 12.2. The summed E-state index contributed by atoms with van der Waals surface area (Å²) in [6, 6.07) is 0. The summed E-state index contributed by atoms with van der Waals surface area (Å²) >= 11 is 0. The van der Waals surface area contributed by atoms with E-state index in [2.05, 4.69) is 36.9 Å². The first-order chi connectivity index (χ1) is 23.5. The molecule has 0 aromatic carbocycles. The molecule has 3 atom stereocenters. The Bertz CT molecular complexity index is 1070. The zero-order chi connectivity index (χ0) is 36.7. The average molecular weight is 703 g/mol. The van der Waals surface area contributed by atoms with Crippen molar-refractivity contribution in [3.8, 4) is 0 Å². The topological polar surface area (TPSA) is 219 Å². The van der Waals surface area contributed by atoms with Crippen LogP contribution in [0.5, 0.6) is 0 Å². The monoisotopic (exact) mass is 702 g/mol. The Hall–Kier alpha value is -4.78. The Morgan fingerprint density at radius 1 is 0.510 bits per heavy atom. The molecule has 0 fully saturated rings. The summed E-state index contributed by atoms with van der Waals surface area (Å²) in [6.45, 7) is 14.4. The highest BCUT2D eigenvalue weighted by Gasteiger charge is 2.20. The van der Waals surface area contributed by atoms with Crippen molar-refractivity contribution in [3.05, 3.63) is 50.6 Å². The van der Waals surface area contributed by atoms with Gasteiger partial charge in [0.2, 0.25) is 0 Å². The van der Waals surface area contributed by atoms with Gasteiger partial charge in [-0.3, -0.25) is 0 Å². The second kappa shape index (κ2) is 29.4. The van der Waals surface area contributed by atoms with E-state index in [1.807, 2.05) is 0 Å². The number of carbonyl (C=O) groups excluding carboxylic acids is 6. The third kappa shape index (κ3) is 26.9. The van der Waals surface area contributed by atoms with E-state index in [0.717, 1.165) is 24.3 Å². The van der Waals surface area contributed by atoms with Crippen molar-refractivity contribution in [1.29, 1.82) is 0 Å². The Morgan fingerprint density at radius 3 is 1.35 bits per heavy atom. The smallest absolute Gasteiger partial charge is 0.407 e. The Balaban J connectivity index is 4.67. The van der Waals surface area contributed by atoms with Crippen LogP contribution < -0.4 is 10.6 Å². The molecule has 18 nitrogen and oxygen atoms in total. The number of nitrogens with one attached hydrogen (secondary N) is 2. The number of carbonyl (C=O) groups is 6. The summed E-state index contributed by atoms with van der Waals surface area (Å²) in [5.74, 6) is -2.63. The number of hydrogen-bond donors (Lipinski definition) is 2. The number of amides is 2. The van der Waals surface area contributed by atoms with Crippen LogP contribution in [0.1, 0.15) is 6.92 Å². The van der Waals surface area contributed by atoms with Crippen LogP contribution in [-0.2, 0) is 66.5 Å². The van der Waals surface area contributed by atoms with Crippen molar-refractivity contribution >= 4 is 36.1 Å². The van der Waals surface area contributed by atoms with Gasteiger partial charge in [-0.25, -0.2) is 28.8 Å². The predicted molar refractivity (Wildman–Crippen MR) is 169 cm³/mol. The van der Waals surface area contributed by atoms with Crippen LogP contribution in [0.25, 0.3) is 0 Å². The van der Waals surface area contributed by atoms with E-state index in [1.54, 1.807) is 6.92 Å². The molecular formula is C31H46N2O16. The Labute approximate surface area is 284 Å². The molecule has 2 N–H and O–H groups in total. The van der Waals surface area contributed by atoms with E-state index < -0.39 is 54.4 Å². The Morgan fingerprint density at radius 2 is 0.918 bits per heavy atom. The number of rotatable bonds is 29. The first-order valence-electron chi connectivity index (χ1n) is 14.9. The van der Waals surface area contributed by atoms with E-state index in [4.69, 9.17) is 47.4 Å². The van der Waals surface area contributed by atoms with Crippen molar-refractivity contribution in [2.24, 2.45) is 0 Å². The molecule has 18 heteroatoms.